The van der Waals surface area contributed by atoms with Crippen LogP contribution in [-0.2, 0) is 6.42 Å². The first-order valence-electron chi connectivity index (χ1n) is 5.75. The summed E-state index contributed by atoms with van der Waals surface area (Å²) in [7, 11) is 1.68. The fourth-order valence-electron chi connectivity index (χ4n) is 1.80. The molecule has 1 aromatic rings. The number of benzene rings is 1. The molecule has 0 radical (unpaired) electrons. The van der Waals surface area contributed by atoms with E-state index in [-0.39, 0.29) is 6.04 Å². The van der Waals surface area contributed by atoms with Crippen LogP contribution in [0.5, 0.6) is 5.75 Å². The Hall–Kier alpha value is -0.730. The molecule has 0 saturated carbocycles. The van der Waals surface area contributed by atoms with E-state index in [4.69, 9.17) is 22.1 Å². The highest BCUT2D eigenvalue weighted by atomic mass is 35.5. The van der Waals surface area contributed by atoms with Crippen LogP contribution in [-0.4, -0.2) is 13.2 Å². The third kappa shape index (κ3) is 4.03. The van der Waals surface area contributed by atoms with Gasteiger partial charge in [-0.2, -0.15) is 0 Å². The van der Waals surface area contributed by atoms with Crippen LogP contribution in [0.25, 0.3) is 0 Å². The summed E-state index contributed by atoms with van der Waals surface area (Å²) in [5.74, 6) is 0.896. The first kappa shape index (κ1) is 13.3. The topological polar surface area (TPSA) is 35.2 Å². The molecule has 1 atom stereocenters. The Morgan fingerprint density at radius 1 is 1.38 bits per heavy atom. The van der Waals surface area contributed by atoms with Crippen LogP contribution in [0.2, 0.25) is 5.02 Å². The van der Waals surface area contributed by atoms with Crippen molar-refractivity contribution in [1.29, 1.82) is 0 Å². The van der Waals surface area contributed by atoms with E-state index < -0.39 is 0 Å². The van der Waals surface area contributed by atoms with Crippen molar-refractivity contribution in [3.8, 4) is 5.75 Å². The van der Waals surface area contributed by atoms with E-state index in [9.17, 15) is 0 Å². The molecule has 1 unspecified atom stereocenters. The Kier molecular flexibility index (Phi) is 5.64. The number of methoxy groups -OCH3 is 1. The van der Waals surface area contributed by atoms with Gasteiger partial charge in [-0.3, -0.25) is 0 Å². The summed E-state index contributed by atoms with van der Waals surface area (Å²) in [6.45, 7) is 2.15. The molecule has 0 aliphatic rings. The van der Waals surface area contributed by atoms with Crippen LogP contribution < -0.4 is 10.5 Å². The van der Waals surface area contributed by atoms with Crippen LogP contribution in [0.15, 0.2) is 18.2 Å². The van der Waals surface area contributed by atoms with E-state index in [0.717, 1.165) is 42.0 Å². The zero-order valence-electron chi connectivity index (χ0n) is 10.0. The fraction of sp³-hybridized carbons (Fsp3) is 0.538. The van der Waals surface area contributed by atoms with Gasteiger partial charge in [0.25, 0.3) is 0 Å². The molecule has 0 bridgehead atoms. The molecule has 0 spiro atoms. The number of aryl methyl sites for hydroxylation is 1. The second kappa shape index (κ2) is 6.77. The van der Waals surface area contributed by atoms with Crippen molar-refractivity contribution in [2.45, 2.75) is 38.6 Å². The van der Waals surface area contributed by atoms with Gasteiger partial charge in [0, 0.05) is 11.1 Å². The number of halogens is 1. The fourth-order valence-corrected chi connectivity index (χ4v) is 1.99. The van der Waals surface area contributed by atoms with Crippen molar-refractivity contribution in [3.05, 3.63) is 28.8 Å². The molecule has 1 aromatic carbocycles. The average Bonchev–Trinajstić information content (AvgIpc) is 2.27. The van der Waals surface area contributed by atoms with Gasteiger partial charge < -0.3 is 10.5 Å². The lowest BCUT2D eigenvalue weighted by atomic mass is 10.0. The summed E-state index contributed by atoms with van der Waals surface area (Å²) in [4.78, 5) is 0. The van der Waals surface area contributed by atoms with Crippen LogP contribution in [0.1, 0.15) is 31.7 Å². The number of rotatable bonds is 6. The summed E-state index contributed by atoms with van der Waals surface area (Å²) in [6.07, 6.45) is 4.10. The molecule has 0 amide bonds. The van der Waals surface area contributed by atoms with E-state index in [0.29, 0.717) is 0 Å². The Balaban J connectivity index is 2.61. The molecule has 16 heavy (non-hydrogen) atoms. The molecule has 0 aliphatic carbocycles. The van der Waals surface area contributed by atoms with Crippen LogP contribution in [0.4, 0.5) is 0 Å². The molecule has 0 saturated heterocycles. The zero-order valence-corrected chi connectivity index (χ0v) is 10.8. The molecule has 0 aliphatic heterocycles. The lowest BCUT2D eigenvalue weighted by molar-refractivity contribution is 0.408. The van der Waals surface area contributed by atoms with E-state index in [1.807, 2.05) is 18.2 Å². The predicted molar refractivity (Wildman–Crippen MR) is 69.2 cm³/mol. The van der Waals surface area contributed by atoms with Gasteiger partial charge in [-0.25, -0.2) is 0 Å². The van der Waals surface area contributed by atoms with E-state index in [1.54, 1.807) is 7.11 Å². The van der Waals surface area contributed by atoms with Gasteiger partial charge in [0.15, 0.2) is 0 Å². The summed E-state index contributed by atoms with van der Waals surface area (Å²) >= 11 is 5.96. The highest BCUT2D eigenvalue weighted by molar-refractivity contribution is 6.30. The van der Waals surface area contributed by atoms with Gasteiger partial charge in [-0.15, -0.1) is 0 Å². The smallest absolute Gasteiger partial charge is 0.122 e. The van der Waals surface area contributed by atoms with Crippen molar-refractivity contribution < 1.29 is 4.74 Å². The highest BCUT2D eigenvalue weighted by Gasteiger charge is 2.07. The van der Waals surface area contributed by atoms with Crippen LogP contribution >= 0.6 is 11.6 Å². The minimum absolute atomic E-state index is 0.272. The van der Waals surface area contributed by atoms with Crippen LogP contribution in [0.3, 0.4) is 0 Å². The molecule has 90 valence electrons. The average molecular weight is 242 g/mol. The molecule has 2 N–H and O–H groups in total. The standard InChI is InChI=1S/C13H20ClNO/c1-3-4-12(15)7-5-10-9-11(14)6-8-13(10)16-2/h6,8-9,12H,3-5,7,15H2,1-2H3. The van der Waals surface area contributed by atoms with Crippen LogP contribution in [0, 0.1) is 0 Å². The van der Waals surface area contributed by atoms with Crippen molar-refractivity contribution in [3.63, 3.8) is 0 Å². The van der Waals surface area contributed by atoms with E-state index in [1.165, 1.54) is 0 Å². The molecule has 0 aromatic heterocycles. The number of hydrogen-bond acceptors (Lipinski definition) is 2. The van der Waals surface area contributed by atoms with Crippen molar-refractivity contribution >= 4 is 11.6 Å². The highest BCUT2D eigenvalue weighted by Crippen LogP contribution is 2.24. The molecule has 0 heterocycles. The Bertz CT molecular complexity index is 328. The molecule has 3 heteroatoms. The molecule has 2 nitrogen and oxygen atoms in total. The summed E-state index contributed by atoms with van der Waals surface area (Å²) in [5, 5.41) is 0.750. The number of ether oxygens (including phenoxy) is 1. The largest absolute Gasteiger partial charge is 0.496 e. The van der Waals surface area contributed by atoms with Gasteiger partial charge in [0.1, 0.15) is 5.75 Å². The Labute approximate surface area is 103 Å². The monoisotopic (exact) mass is 241 g/mol. The minimum Gasteiger partial charge on any atom is -0.496 e. The van der Waals surface area contributed by atoms with Gasteiger partial charge in [0.05, 0.1) is 7.11 Å². The summed E-state index contributed by atoms with van der Waals surface area (Å²) in [6, 6.07) is 5.98. The SMILES string of the molecule is CCCC(N)CCc1cc(Cl)ccc1OC. The molecular formula is C13H20ClNO. The quantitative estimate of drug-likeness (QED) is 0.829. The first-order valence-corrected chi connectivity index (χ1v) is 6.13. The normalized spacial score (nSPS) is 12.5. The lowest BCUT2D eigenvalue weighted by Gasteiger charge is -2.12. The van der Waals surface area contributed by atoms with Gasteiger partial charge in [0.2, 0.25) is 0 Å². The predicted octanol–water partition coefficient (Wildman–Crippen LogP) is 3.41. The third-order valence-corrected chi connectivity index (χ3v) is 2.92. The third-order valence-electron chi connectivity index (χ3n) is 2.69. The summed E-state index contributed by atoms with van der Waals surface area (Å²) < 4.78 is 5.29. The number of hydrogen-bond donors (Lipinski definition) is 1. The minimum atomic E-state index is 0.272. The van der Waals surface area contributed by atoms with Crippen molar-refractivity contribution in [2.75, 3.05) is 7.11 Å². The maximum Gasteiger partial charge on any atom is 0.122 e. The number of nitrogens with two attached hydrogens (primary N) is 1. The van der Waals surface area contributed by atoms with E-state index in [2.05, 4.69) is 6.92 Å². The van der Waals surface area contributed by atoms with Gasteiger partial charge in [-0.05, 0) is 43.0 Å². The van der Waals surface area contributed by atoms with Crippen molar-refractivity contribution in [2.24, 2.45) is 5.73 Å². The first-order chi connectivity index (χ1) is 7.67. The van der Waals surface area contributed by atoms with Gasteiger partial charge >= 0.3 is 0 Å². The Morgan fingerprint density at radius 3 is 2.75 bits per heavy atom. The maximum atomic E-state index is 5.99. The summed E-state index contributed by atoms with van der Waals surface area (Å²) in [5.41, 5.74) is 7.13. The second-order valence-electron chi connectivity index (χ2n) is 4.04. The Morgan fingerprint density at radius 2 is 2.12 bits per heavy atom. The van der Waals surface area contributed by atoms with Crippen molar-refractivity contribution in [1.82, 2.24) is 0 Å². The van der Waals surface area contributed by atoms with E-state index >= 15 is 0 Å². The molecular weight excluding hydrogens is 222 g/mol. The molecule has 0 fully saturated rings. The van der Waals surface area contributed by atoms with Gasteiger partial charge in [-0.1, -0.05) is 24.9 Å². The lowest BCUT2D eigenvalue weighted by Crippen LogP contribution is -2.20. The maximum absolute atomic E-state index is 5.99. The zero-order chi connectivity index (χ0) is 12.0. The second-order valence-corrected chi connectivity index (χ2v) is 4.48. The molecule has 1 rings (SSSR count).